The Bertz CT molecular complexity index is 716. The van der Waals surface area contributed by atoms with Gasteiger partial charge in [0.2, 0.25) is 0 Å². The van der Waals surface area contributed by atoms with Gasteiger partial charge in [-0.15, -0.1) is 0 Å². The Morgan fingerprint density at radius 3 is 2.53 bits per heavy atom. The van der Waals surface area contributed by atoms with Crippen LogP contribution < -0.4 is 4.90 Å². The summed E-state index contributed by atoms with van der Waals surface area (Å²) < 4.78 is 0. The Balaban J connectivity index is 2.20. The summed E-state index contributed by atoms with van der Waals surface area (Å²) in [6.07, 6.45) is 1.68. The van der Waals surface area contributed by atoms with Gasteiger partial charge < -0.3 is 0 Å². The number of anilines is 1. The molecule has 2 amide bonds. The van der Waals surface area contributed by atoms with Crippen molar-refractivity contribution >= 4 is 39.4 Å². The van der Waals surface area contributed by atoms with Crippen LogP contribution in [-0.4, -0.2) is 11.1 Å². The maximum atomic E-state index is 12.2. The van der Waals surface area contributed by atoms with Gasteiger partial charge in [0.15, 0.2) is 0 Å². The lowest BCUT2D eigenvalue weighted by atomic mass is 10.1. The van der Waals surface area contributed by atoms with Crippen LogP contribution in [0.2, 0.25) is 0 Å². The molecule has 1 fully saturated rings. The van der Waals surface area contributed by atoms with E-state index in [4.69, 9.17) is 0 Å². The number of hydrogen-bond donors (Lipinski definition) is 0. The average molecular weight is 269 g/mol. The van der Waals surface area contributed by atoms with Crippen LogP contribution >= 0.6 is 11.8 Å². The number of carbonyl (C=O) groups excluding carboxylic acids is 2. The summed E-state index contributed by atoms with van der Waals surface area (Å²) in [5, 5.41) is 1.68. The number of amides is 2. The van der Waals surface area contributed by atoms with Crippen LogP contribution in [0.1, 0.15) is 6.92 Å². The third kappa shape index (κ3) is 1.85. The van der Waals surface area contributed by atoms with E-state index in [1.54, 1.807) is 19.1 Å². The second-order valence-corrected chi connectivity index (χ2v) is 5.15. The third-order valence-electron chi connectivity index (χ3n) is 3.06. The molecule has 0 aliphatic carbocycles. The van der Waals surface area contributed by atoms with E-state index < -0.39 is 0 Å². The van der Waals surface area contributed by atoms with Gasteiger partial charge in [0.25, 0.3) is 11.1 Å². The molecule has 1 aliphatic heterocycles. The van der Waals surface area contributed by atoms with Crippen molar-refractivity contribution < 1.29 is 9.59 Å². The van der Waals surface area contributed by atoms with Gasteiger partial charge in [-0.05, 0) is 30.1 Å². The van der Waals surface area contributed by atoms with E-state index in [0.717, 1.165) is 22.5 Å². The summed E-state index contributed by atoms with van der Waals surface area (Å²) in [7, 11) is 0. The minimum atomic E-state index is -0.242. The van der Waals surface area contributed by atoms with Gasteiger partial charge in [-0.3, -0.25) is 9.59 Å². The van der Waals surface area contributed by atoms with Crippen molar-refractivity contribution in [1.82, 2.24) is 0 Å². The minimum absolute atomic E-state index is 0.241. The molecule has 94 valence electrons. The van der Waals surface area contributed by atoms with E-state index in [2.05, 4.69) is 0 Å². The van der Waals surface area contributed by atoms with E-state index in [1.165, 1.54) is 4.90 Å². The Morgan fingerprint density at radius 1 is 1.05 bits per heavy atom. The van der Waals surface area contributed by atoms with Crippen molar-refractivity contribution in [3.05, 3.63) is 53.4 Å². The highest BCUT2D eigenvalue weighted by Crippen LogP contribution is 2.37. The number of imide groups is 1. The highest BCUT2D eigenvalue weighted by Gasteiger charge is 2.36. The molecule has 2 aromatic rings. The molecule has 0 unspecified atom stereocenters. The first-order chi connectivity index (χ1) is 9.22. The van der Waals surface area contributed by atoms with Gasteiger partial charge in [0.05, 0.1) is 10.6 Å². The predicted octanol–water partition coefficient (Wildman–Crippen LogP) is 3.94. The lowest BCUT2D eigenvalue weighted by Crippen LogP contribution is -2.27. The zero-order valence-electron chi connectivity index (χ0n) is 10.3. The Kier molecular flexibility index (Phi) is 2.87. The van der Waals surface area contributed by atoms with Crippen LogP contribution in [0.15, 0.2) is 53.4 Å². The second-order valence-electron chi connectivity index (χ2n) is 4.16. The molecule has 0 spiro atoms. The molecule has 1 heterocycles. The summed E-state index contributed by atoms with van der Waals surface area (Å²) >= 11 is 0.984. The van der Waals surface area contributed by atoms with Gasteiger partial charge in [-0.25, -0.2) is 4.90 Å². The maximum Gasteiger partial charge on any atom is 0.298 e. The molecule has 1 aliphatic rings. The molecule has 2 aromatic carbocycles. The quantitative estimate of drug-likeness (QED) is 0.736. The molecule has 4 heteroatoms. The van der Waals surface area contributed by atoms with Crippen molar-refractivity contribution in [3.8, 4) is 0 Å². The topological polar surface area (TPSA) is 37.4 Å². The SMILES string of the molecule is CC=C1SC(=O)N(c2cccc3ccccc23)C1=O. The standard InChI is InChI=1S/C15H11NO2S/c1-2-13-14(17)16(15(18)19-13)12-9-5-7-10-6-3-4-8-11(10)12/h2-9H,1H3. The van der Waals surface area contributed by atoms with Gasteiger partial charge in [0.1, 0.15) is 0 Å². The smallest absolute Gasteiger partial charge is 0.268 e. The van der Waals surface area contributed by atoms with Crippen molar-refractivity contribution in [2.75, 3.05) is 4.90 Å². The number of fused-ring (bicyclic) bond motifs is 1. The average Bonchev–Trinajstić information content (AvgIpc) is 2.73. The number of thioether (sulfide) groups is 1. The predicted molar refractivity (Wildman–Crippen MR) is 78.2 cm³/mol. The molecule has 0 bridgehead atoms. The first-order valence-electron chi connectivity index (χ1n) is 5.92. The highest BCUT2D eigenvalue weighted by atomic mass is 32.2. The van der Waals surface area contributed by atoms with E-state index >= 15 is 0 Å². The number of carbonyl (C=O) groups is 2. The van der Waals surface area contributed by atoms with Gasteiger partial charge in [-0.1, -0.05) is 42.5 Å². The minimum Gasteiger partial charge on any atom is -0.268 e. The largest absolute Gasteiger partial charge is 0.298 e. The zero-order valence-corrected chi connectivity index (χ0v) is 11.1. The maximum absolute atomic E-state index is 12.2. The molecule has 3 rings (SSSR count). The first kappa shape index (κ1) is 12.0. The van der Waals surface area contributed by atoms with Crippen LogP contribution in [0.5, 0.6) is 0 Å². The molecule has 1 saturated heterocycles. The van der Waals surface area contributed by atoms with Gasteiger partial charge in [-0.2, -0.15) is 0 Å². The van der Waals surface area contributed by atoms with E-state index in [-0.39, 0.29) is 11.1 Å². The van der Waals surface area contributed by atoms with Gasteiger partial charge >= 0.3 is 0 Å². The second kappa shape index (κ2) is 4.55. The number of nitrogens with zero attached hydrogens (tertiary/aromatic N) is 1. The van der Waals surface area contributed by atoms with Crippen molar-refractivity contribution in [2.45, 2.75) is 6.92 Å². The van der Waals surface area contributed by atoms with E-state index in [1.807, 2.05) is 36.4 Å². The van der Waals surface area contributed by atoms with E-state index in [9.17, 15) is 9.59 Å². The lowest BCUT2D eigenvalue weighted by Gasteiger charge is -2.15. The van der Waals surface area contributed by atoms with Crippen molar-refractivity contribution in [2.24, 2.45) is 0 Å². The molecule has 0 saturated carbocycles. The van der Waals surface area contributed by atoms with Crippen LogP contribution in [-0.2, 0) is 4.79 Å². The fraction of sp³-hybridized carbons (Fsp3) is 0.0667. The summed E-state index contributed by atoms with van der Waals surface area (Å²) in [5.74, 6) is -0.242. The van der Waals surface area contributed by atoms with Crippen molar-refractivity contribution in [1.29, 1.82) is 0 Å². The lowest BCUT2D eigenvalue weighted by molar-refractivity contribution is -0.113. The van der Waals surface area contributed by atoms with Crippen LogP contribution in [0.4, 0.5) is 10.5 Å². The third-order valence-corrected chi connectivity index (χ3v) is 4.05. The van der Waals surface area contributed by atoms with Crippen LogP contribution in [0.25, 0.3) is 10.8 Å². The number of benzene rings is 2. The summed E-state index contributed by atoms with van der Waals surface area (Å²) in [6, 6.07) is 13.4. The molecule has 0 aromatic heterocycles. The van der Waals surface area contributed by atoms with E-state index in [0.29, 0.717) is 10.6 Å². The normalized spacial score (nSPS) is 17.7. The number of hydrogen-bond acceptors (Lipinski definition) is 3. The fourth-order valence-electron chi connectivity index (χ4n) is 2.17. The molecule has 19 heavy (non-hydrogen) atoms. The van der Waals surface area contributed by atoms with Crippen molar-refractivity contribution in [3.63, 3.8) is 0 Å². The summed E-state index contributed by atoms with van der Waals surface area (Å²) in [4.78, 5) is 26.0. The fourth-order valence-corrected chi connectivity index (χ4v) is 2.93. The molecule has 0 N–H and O–H groups in total. The van der Waals surface area contributed by atoms with Crippen LogP contribution in [0.3, 0.4) is 0 Å². The zero-order chi connectivity index (χ0) is 13.4. The first-order valence-corrected chi connectivity index (χ1v) is 6.74. The Hall–Kier alpha value is -2.07. The molecule has 0 radical (unpaired) electrons. The summed E-state index contributed by atoms with van der Waals surface area (Å²) in [5.41, 5.74) is 0.650. The summed E-state index contributed by atoms with van der Waals surface area (Å²) in [6.45, 7) is 1.76. The Labute approximate surface area is 114 Å². The van der Waals surface area contributed by atoms with Crippen LogP contribution in [0, 0.1) is 0 Å². The molecular weight excluding hydrogens is 258 g/mol. The monoisotopic (exact) mass is 269 g/mol. The number of rotatable bonds is 1. The highest BCUT2D eigenvalue weighted by molar-refractivity contribution is 8.18. The molecule has 3 nitrogen and oxygen atoms in total. The number of allylic oxidation sites excluding steroid dienone is 1. The molecular formula is C15H11NO2S. The molecule has 0 atom stereocenters. The van der Waals surface area contributed by atoms with Gasteiger partial charge in [0, 0.05) is 5.39 Å². The Morgan fingerprint density at radius 2 is 1.79 bits per heavy atom.